The molecule has 0 radical (unpaired) electrons. The summed E-state index contributed by atoms with van der Waals surface area (Å²) in [5.41, 5.74) is 4.67. The molecule has 0 aliphatic carbocycles. The molecular weight excluding hydrogens is 482 g/mol. The number of pyridine rings is 2. The van der Waals surface area contributed by atoms with Crippen molar-refractivity contribution in [1.29, 1.82) is 0 Å². The van der Waals surface area contributed by atoms with Gasteiger partial charge in [0.25, 0.3) is 0 Å². The summed E-state index contributed by atoms with van der Waals surface area (Å²) in [7, 11) is -2.93. The van der Waals surface area contributed by atoms with Crippen LogP contribution in [0.5, 0.6) is 0 Å². The predicted molar refractivity (Wildman–Crippen MR) is 136 cm³/mol. The molecule has 9 heteroatoms. The first-order valence-corrected chi connectivity index (χ1v) is 10.9. The largest absolute Gasteiger partial charge is 0.488 e. The van der Waals surface area contributed by atoms with Crippen molar-refractivity contribution in [3.8, 4) is 11.1 Å². The molecule has 0 fully saturated rings. The van der Waals surface area contributed by atoms with E-state index in [1.54, 1.807) is 54.7 Å². The standard InChI is InChI=1S/C12H12B2O4.C12H7BrN2/c15-13(16)11-5-1-9(2-6-11)10-3-7-12(8-4-10)14(17)18;13-9-6-10-11(15-7-9)4-3-8-2-1-5-14-12(8)10/h1-8,15-18H;1-7H. The first-order chi connectivity index (χ1) is 15.9. The van der Waals surface area contributed by atoms with Gasteiger partial charge in [0.2, 0.25) is 0 Å². The van der Waals surface area contributed by atoms with E-state index in [0.717, 1.165) is 37.4 Å². The molecule has 162 valence electrons. The Morgan fingerprint density at radius 3 is 1.79 bits per heavy atom. The quantitative estimate of drug-likeness (QED) is 0.224. The Balaban J connectivity index is 0.000000159. The summed E-state index contributed by atoms with van der Waals surface area (Å²) in [6, 6.07) is 23.8. The van der Waals surface area contributed by atoms with Crippen LogP contribution in [0.25, 0.3) is 32.9 Å². The number of rotatable bonds is 3. The highest BCUT2D eigenvalue weighted by Gasteiger charge is 2.12. The number of aromatic nitrogens is 2. The van der Waals surface area contributed by atoms with Crippen LogP contribution in [0.2, 0.25) is 0 Å². The third-order valence-electron chi connectivity index (χ3n) is 5.15. The Morgan fingerprint density at radius 2 is 1.24 bits per heavy atom. The van der Waals surface area contributed by atoms with E-state index in [-0.39, 0.29) is 0 Å². The highest BCUT2D eigenvalue weighted by Crippen LogP contribution is 2.24. The molecule has 3 aromatic carbocycles. The van der Waals surface area contributed by atoms with Crippen molar-refractivity contribution in [3.63, 3.8) is 0 Å². The molecule has 0 atom stereocenters. The average molecular weight is 501 g/mol. The normalized spacial score (nSPS) is 10.6. The number of halogens is 1. The summed E-state index contributed by atoms with van der Waals surface area (Å²) in [5, 5.41) is 38.2. The number of hydrogen-bond donors (Lipinski definition) is 4. The molecule has 0 bridgehead atoms. The van der Waals surface area contributed by atoms with Gasteiger partial charge in [-0.2, -0.15) is 0 Å². The summed E-state index contributed by atoms with van der Waals surface area (Å²) in [5.74, 6) is 0. The van der Waals surface area contributed by atoms with E-state index in [1.807, 2.05) is 24.4 Å². The van der Waals surface area contributed by atoms with Crippen molar-refractivity contribution in [1.82, 2.24) is 9.97 Å². The molecule has 4 N–H and O–H groups in total. The number of benzene rings is 3. The maximum absolute atomic E-state index is 8.98. The van der Waals surface area contributed by atoms with Crippen molar-refractivity contribution in [3.05, 3.63) is 95.7 Å². The van der Waals surface area contributed by atoms with Gasteiger partial charge in [-0.15, -0.1) is 0 Å². The summed E-state index contributed by atoms with van der Waals surface area (Å²) < 4.78 is 0.980. The van der Waals surface area contributed by atoms with Crippen LogP contribution < -0.4 is 10.9 Å². The van der Waals surface area contributed by atoms with Crippen LogP contribution in [0.4, 0.5) is 0 Å². The zero-order valence-electron chi connectivity index (χ0n) is 17.4. The molecule has 0 aliphatic rings. The van der Waals surface area contributed by atoms with Gasteiger partial charge in [0.1, 0.15) is 0 Å². The highest BCUT2D eigenvalue weighted by molar-refractivity contribution is 9.10. The van der Waals surface area contributed by atoms with Gasteiger partial charge in [0.05, 0.1) is 11.0 Å². The second kappa shape index (κ2) is 10.2. The van der Waals surface area contributed by atoms with Gasteiger partial charge >= 0.3 is 14.2 Å². The van der Waals surface area contributed by atoms with E-state index in [2.05, 4.69) is 38.0 Å². The zero-order valence-corrected chi connectivity index (χ0v) is 19.0. The predicted octanol–water partition coefficient (Wildman–Crippen LogP) is 2.26. The minimum absolute atomic E-state index is 0.432. The molecule has 0 spiro atoms. The van der Waals surface area contributed by atoms with E-state index in [1.165, 1.54) is 0 Å². The van der Waals surface area contributed by atoms with Crippen LogP contribution in [-0.2, 0) is 0 Å². The Morgan fingerprint density at radius 1 is 0.667 bits per heavy atom. The lowest BCUT2D eigenvalue weighted by Gasteiger charge is -2.05. The molecule has 0 saturated carbocycles. The molecule has 0 unspecified atom stereocenters. The second-order valence-electron chi connectivity index (χ2n) is 7.35. The molecule has 2 heterocycles. The number of hydrogen-bond acceptors (Lipinski definition) is 6. The molecule has 5 aromatic rings. The van der Waals surface area contributed by atoms with Crippen LogP contribution in [0.3, 0.4) is 0 Å². The smallest absolute Gasteiger partial charge is 0.423 e. The lowest BCUT2D eigenvalue weighted by atomic mass is 9.78. The summed E-state index contributed by atoms with van der Waals surface area (Å²) in [6.45, 7) is 0. The van der Waals surface area contributed by atoms with Gasteiger partial charge < -0.3 is 20.1 Å². The van der Waals surface area contributed by atoms with Crippen LogP contribution in [0.15, 0.2) is 95.7 Å². The molecule has 5 rings (SSSR count). The van der Waals surface area contributed by atoms with Crippen molar-refractivity contribution >= 4 is 62.9 Å². The lowest BCUT2D eigenvalue weighted by molar-refractivity contribution is 0.424. The maximum Gasteiger partial charge on any atom is 0.488 e. The zero-order chi connectivity index (χ0) is 23.4. The highest BCUT2D eigenvalue weighted by atomic mass is 79.9. The molecule has 0 amide bonds. The topological polar surface area (TPSA) is 107 Å². The number of nitrogens with zero attached hydrogens (tertiary/aromatic N) is 2. The van der Waals surface area contributed by atoms with Crippen LogP contribution in [0, 0.1) is 0 Å². The fourth-order valence-corrected chi connectivity index (χ4v) is 3.75. The van der Waals surface area contributed by atoms with Gasteiger partial charge in [-0.05, 0) is 56.2 Å². The van der Waals surface area contributed by atoms with Gasteiger partial charge in [0, 0.05) is 27.6 Å². The minimum Gasteiger partial charge on any atom is -0.423 e. The van der Waals surface area contributed by atoms with E-state index < -0.39 is 14.2 Å². The minimum atomic E-state index is -1.47. The first kappa shape index (κ1) is 23.1. The third-order valence-corrected chi connectivity index (χ3v) is 5.58. The maximum atomic E-state index is 8.98. The monoisotopic (exact) mass is 500 g/mol. The Hall–Kier alpha value is -3.07. The Bertz CT molecular complexity index is 1330. The van der Waals surface area contributed by atoms with Gasteiger partial charge in [0.15, 0.2) is 0 Å². The fourth-order valence-electron chi connectivity index (χ4n) is 3.41. The third kappa shape index (κ3) is 5.47. The summed E-state index contributed by atoms with van der Waals surface area (Å²) in [4.78, 5) is 8.73. The van der Waals surface area contributed by atoms with E-state index in [4.69, 9.17) is 20.1 Å². The molecule has 6 nitrogen and oxygen atoms in total. The van der Waals surface area contributed by atoms with Gasteiger partial charge in [-0.25, -0.2) is 0 Å². The van der Waals surface area contributed by atoms with Crippen molar-refractivity contribution in [2.75, 3.05) is 0 Å². The lowest BCUT2D eigenvalue weighted by Crippen LogP contribution is -2.29. The van der Waals surface area contributed by atoms with Crippen molar-refractivity contribution in [2.24, 2.45) is 0 Å². The Kier molecular flexibility index (Phi) is 7.17. The van der Waals surface area contributed by atoms with Crippen LogP contribution >= 0.6 is 15.9 Å². The van der Waals surface area contributed by atoms with Crippen molar-refractivity contribution in [2.45, 2.75) is 0 Å². The van der Waals surface area contributed by atoms with Gasteiger partial charge in [-0.3, -0.25) is 9.97 Å². The van der Waals surface area contributed by atoms with E-state index in [0.29, 0.717) is 10.9 Å². The molecule has 0 aliphatic heterocycles. The Labute approximate surface area is 199 Å². The SMILES string of the molecule is Brc1cnc2ccc3cccnc3c2c1.OB(O)c1ccc(-c2ccc(B(O)O)cc2)cc1. The number of fused-ring (bicyclic) bond motifs is 3. The molecule has 0 saturated heterocycles. The first-order valence-electron chi connectivity index (χ1n) is 10.1. The van der Waals surface area contributed by atoms with Gasteiger partial charge in [-0.1, -0.05) is 60.7 Å². The average Bonchev–Trinajstić information content (AvgIpc) is 2.84. The van der Waals surface area contributed by atoms with E-state index in [9.17, 15) is 0 Å². The molecule has 33 heavy (non-hydrogen) atoms. The second-order valence-corrected chi connectivity index (χ2v) is 8.27. The van der Waals surface area contributed by atoms with Crippen LogP contribution in [-0.4, -0.2) is 44.3 Å². The summed E-state index contributed by atoms with van der Waals surface area (Å²) >= 11 is 3.43. The fraction of sp³-hybridized carbons (Fsp3) is 0. The summed E-state index contributed by atoms with van der Waals surface area (Å²) in [6.07, 6.45) is 3.61. The van der Waals surface area contributed by atoms with Crippen LogP contribution in [0.1, 0.15) is 0 Å². The van der Waals surface area contributed by atoms with Crippen molar-refractivity contribution < 1.29 is 20.1 Å². The molecule has 2 aromatic heterocycles. The van der Waals surface area contributed by atoms with E-state index >= 15 is 0 Å². The molecular formula is C24H19B2BrN2O4.